The molecule has 1 fully saturated rings. The topological polar surface area (TPSA) is 69.2 Å². The molecule has 0 aliphatic carbocycles. The van der Waals surface area contributed by atoms with E-state index in [1.54, 1.807) is 14.1 Å². The number of amides is 1. The molecule has 2 rings (SSSR count). The van der Waals surface area contributed by atoms with Gasteiger partial charge in [0.25, 0.3) is 0 Å². The summed E-state index contributed by atoms with van der Waals surface area (Å²) in [6.45, 7) is 6.61. The van der Waals surface area contributed by atoms with Gasteiger partial charge in [0.05, 0.1) is 19.3 Å². The number of aliphatic imine (C=N–C) groups is 1. The summed E-state index contributed by atoms with van der Waals surface area (Å²) in [6.07, 6.45) is 2.09. The van der Waals surface area contributed by atoms with Crippen LogP contribution in [-0.2, 0) is 9.53 Å². The van der Waals surface area contributed by atoms with Crippen molar-refractivity contribution in [3.05, 3.63) is 35.6 Å². The molecule has 1 aliphatic rings. The van der Waals surface area contributed by atoms with Gasteiger partial charge < -0.3 is 20.3 Å². The Balaban J connectivity index is 2.09. The molecule has 1 saturated heterocycles. The first-order valence-electron chi connectivity index (χ1n) is 10.3. The highest BCUT2D eigenvalue weighted by Gasteiger charge is 2.23. The van der Waals surface area contributed by atoms with E-state index in [9.17, 15) is 9.18 Å². The van der Waals surface area contributed by atoms with Crippen LogP contribution >= 0.6 is 0 Å². The molecule has 2 N–H and O–H groups in total. The maximum absolute atomic E-state index is 13.4. The van der Waals surface area contributed by atoms with Gasteiger partial charge in [-0.05, 0) is 24.1 Å². The summed E-state index contributed by atoms with van der Waals surface area (Å²) in [4.78, 5) is 20.2. The van der Waals surface area contributed by atoms with Gasteiger partial charge in [-0.15, -0.1) is 0 Å². The number of likely N-dealkylation sites (N-methyl/N-ethyl adjacent to an activating group) is 1. The molecule has 1 heterocycles. The Morgan fingerprint density at radius 3 is 2.55 bits per heavy atom. The second kappa shape index (κ2) is 12.4. The molecule has 1 amide bonds. The third kappa shape index (κ3) is 7.98. The first-order chi connectivity index (χ1) is 14.0. The SMILES string of the molecule is CCCCNC(=NCC(=O)N(C)C)NCC(c1ccc(F)cc1)N1CCOCC1. The van der Waals surface area contributed by atoms with Crippen molar-refractivity contribution < 1.29 is 13.9 Å². The molecule has 7 nitrogen and oxygen atoms in total. The maximum atomic E-state index is 13.4. The molecule has 0 radical (unpaired) electrons. The van der Waals surface area contributed by atoms with Crippen LogP contribution in [0.2, 0.25) is 0 Å². The first kappa shape index (κ1) is 23.1. The Morgan fingerprint density at radius 2 is 1.93 bits per heavy atom. The lowest BCUT2D eigenvalue weighted by Gasteiger charge is -2.35. The fraction of sp³-hybridized carbons (Fsp3) is 0.619. The van der Waals surface area contributed by atoms with Gasteiger partial charge >= 0.3 is 0 Å². The molecule has 1 aromatic carbocycles. The van der Waals surface area contributed by atoms with Crippen molar-refractivity contribution >= 4 is 11.9 Å². The maximum Gasteiger partial charge on any atom is 0.243 e. The molecule has 0 aromatic heterocycles. The highest BCUT2D eigenvalue weighted by atomic mass is 19.1. The molecule has 1 aromatic rings. The number of benzene rings is 1. The Kier molecular flexibility index (Phi) is 9.87. The lowest BCUT2D eigenvalue weighted by molar-refractivity contribution is -0.127. The predicted octanol–water partition coefficient (Wildman–Crippen LogP) is 1.62. The van der Waals surface area contributed by atoms with Gasteiger partial charge in [-0.2, -0.15) is 0 Å². The van der Waals surface area contributed by atoms with Crippen LogP contribution in [0.15, 0.2) is 29.3 Å². The highest BCUT2D eigenvalue weighted by molar-refractivity contribution is 5.84. The standard InChI is InChI=1S/C21H34FN5O2/c1-4-5-10-23-21(25-16-20(28)26(2)3)24-15-19(27-11-13-29-14-12-27)17-6-8-18(22)9-7-17/h6-9,19H,4-5,10-16H2,1-3H3,(H2,23,24,25). The van der Waals surface area contributed by atoms with E-state index in [1.807, 2.05) is 12.1 Å². The number of nitrogens with zero attached hydrogens (tertiary/aromatic N) is 3. The van der Waals surface area contributed by atoms with E-state index in [0.717, 1.165) is 38.0 Å². The lowest BCUT2D eigenvalue weighted by atomic mass is 10.0. The van der Waals surface area contributed by atoms with Crippen molar-refractivity contribution in [2.45, 2.75) is 25.8 Å². The van der Waals surface area contributed by atoms with Crippen LogP contribution in [0.3, 0.4) is 0 Å². The monoisotopic (exact) mass is 407 g/mol. The number of carbonyl (C=O) groups excluding carboxylic acids is 1. The molecule has 8 heteroatoms. The van der Waals surface area contributed by atoms with Crippen molar-refractivity contribution in [1.29, 1.82) is 0 Å². The van der Waals surface area contributed by atoms with Crippen molar-refractivity contribution in [3.8, 4) is 0 Å². The number of rotatable bonds is 9. The van der Waals surface area contributed by atoms with Gasteiger partial charge in [0, 0.05) is 40.3 Å². The minimum Gasteiger partial charge on any atom is -0.379 e. The normalized spacial score (nSPS) is 16.3. The summed E-state index contributed by atoms with van der Waals surface area (Å²) < 4.78 is 18.9. The number of morpholine rings is 1. The van der Waals surface area contributed by atoms with Crippen LogP contribution in [0.5, 0.6) is 0 Å². The number of hydrogen-bond acceptors (Lipinski definition) is 4. The van der Waals surface area contributed by atoms with Gasteiger partial charge in [-0.25, -0.2) is 9.38 Å². The zero-order chi connectivity index (χ0) is 21.1. The van der Waals surface area contributed by atoms with Gasteiger partial charge in [-0.1, -0.05) is 25.5 Å². The van der Waals surface area contributed by atoms with Crippen LogP contribution in [0.1, 0.15) is 31.4 Å². The fourth-order valence-corrected chi connectivity index (χ4v) is 3.07. The van der Waals surface area contributed by atoms with Crippen molar-refractivity contribution in [1.82, 2.24) is 20.4 Å². The highest BCUT2D eigenvalue weighted by Crippen LogP contribution is 2.21. The summed E-state index contributed by atoms with van der Waals surface area (Å²) in [5.74, 6) is 0.326. The van der Waals surface area contributed by atoms with Gasteiger partial charge in [0.1, 0.15) is 12.4 Å². The molecule has 29 heavy (non-hydrogen) atoms. The number of carbonyl (C=O) groups is 1. The second-order valence-corrected chi connectivity index (χ2v) is 7.33. The minimum absolute atomic E-state index is 0.0511. The largest absolute Gasteiger partial charge is 0.379 e. The van der Waals surface area contributed by atoms with E-state index in [2.05, 4.69) is 27.4 Å². The van der Waals surface area contributed by atoms with Crippen molar-refractivity contribution in [2.24, 2.45) is 4.99 Å². The lowest BCUT2D eigenvalue weighted by Crippen LogP contribution is -2.46. The molecule has 162 valence electrons. The van der Waals surface area contributed by atoms with E-state index in [4.69, 9.17) is 4.74 Å². The Hall–Kier alpha value is -2.19. The summed E-state index contributed by atoms with van der Waals surface area (Å²) in [6, 6.07) is 6.70. The predicted molar refractivity (Wildman–Crippen MR) is 113 cm³/mol. The Bertz CT molecular complexity index is 645. The molecule has 1 atom stereocenters. The van der Waals surface area contributed by atoms with Crippen LogP contribution in [-0.4, -0.2) is 81.7 Å². The van der Waals surface area contributed by atoms with Gasteiger partial charge in [0.15, 0.2) is 5.96 Å². The fourth-order valence-electron chi connectivity index (χ4n) is 3.07. The summed E-state index contributed by atoms with van der Waals surface area (Å²) >= 11 is 0. The number of halogens is 1. The number of nitrogens with one attached hydrogen (secondary N) is 2. The molecule has 1 unspecified atom stereocenters. The Labute approximate surface area is 173 Å². The average Bonchev–Trinajstić information content (AvgIpc) is 2.73. The third-order valence-electron chi connectivity index (χ3n) is 4.90. The first-order valence-corrected chi connectivity index (χ1v) is 10.3. The smallest absolute Gasteiger partial charge is 0.243 e. The van der Waals surface area contributed by atoms with Crippen LogP contribution < -0.4 is 10.6 Å². The molecule has 1 aliphatic heterocycles. The van der Waals surface area contributed by atoms with E-state index in [1.165, 1.54) is 17.0 Å². The number of unbranched alkanes of at least 4 members (excludes halogenated alkanes) is 1. The molecule has 0 spiro atoms. The molecule has 0 bridgehead atoms. The van der Waals surface area contributed by atoms with Crippen molar-refractivity contribution in [3.63, 3.8) is 0 Å². The summed E-state index contributed by atoms with van der Waals surface area (Å²) in [5.41, 5.74) is 1.04. The van der Waals surface area contributed by atoms with Gasteiger partial charge in [-0.3, -0.25) is 9.69 Å². The molecular weight excluding hydrogens is 373 g/mol. The Morgan fingerprint density at radius 1 is 1.24 bits per heavy atom. The average molecular weight is 408 g/mol. The number of hydrogen-bond donors (Lipinski definition) is 2. The zero-order valence-corrected chi connectivity index (χ0v) is 17.8. The van der Waals surface area contributed by atoms with Crippen LogP contribution in [0, 0.1) is 5.82 Å². The van der Waals surface area contributed by atoms with E-state index >= 15 is 0 Å². The second-order valence-electron chi connectivity index (χ2n) is 7.33. The van der Waals surface area contributed by atoms with E-state index < -0.39 is 0 Å². The zero-order valence-electron chi connectivity index (χ0n) is 17.8. The molecule has 0 saturated carbocycles. The minimum atomic E-state index is -0.242. The third-order valence-corrected chi connectivity index (χ3v) is 4.90. The van der Waals surface area contributed by atoms with Crippen LogP contribution in [0.25, 0.3) is 0 Å². The van der Waals surface area contributed by atoms with E-state index in [-0.39, 0.29) is 24.3 Å². The van der Waals surface area contributed by atoms with Crippen LogP contribution in [0.4, 0.5) is 4.39 Å². The molecular formula is C21H34FN5O2. The van der Waals surface area contributed by atoms with E-state index in [0.29, 0.717) is 25.7 Å². The van der Waals surface area contributed by atoms with Crippen molar-refractivity contribution in [2.75, 3.05) is 60.0 Å². The van der Waals surface area contributed by atoms with Gasteiger partial charge in [0.2, 0.25) is 5.91 Å². The summed E-state index contributed by atoms with van der Waals surface area (Å²) in [5, 5.41) is 6.67. The quantitative estimate of drug-likeness (QED) is 0.370. The number of ether oxygens (including phenoxy) is 1. The summed E-state index contributed by atoms with van der Waals surface area (Å²) in [7, 11) is 3.44. The number of guanidine groups is 1.